The molecule has 0 saturated carbocycles. The van der Waals surface area contributed by atoms with Crippen LogP contribution >= 0.6 is 15.9 Å². The lowest BCUT2D eigenvalue weighted by atomic mass is 10.1. The van der Waals surface area contributed by atoms with E-state index in [0.717, 1.165) is 0 Å². The summed E-state index contributed by atoms with van der Waals surface area (Å²) in [5.41, 5.74) is -0.0385. The molecule has 1 rings (SSSR count). The van der Waals surface area contributed by atoms with E-state index >= 15 is 0 Å². The molecule has 1 amide bonds. The van der Waals surface area contributed by atoms with Gasteiger partial charge in [0.25, 0.3) is 5.91 Å². The quantitative estimate of drug-likeness (QED) is 0.897. The summed E-state index contributed by atoms with van der Waals surface area (Å²) in [5, 5.41) is 12.0. The number of rotatable bonds is 4. The van der Waals surface area contributed by atoms with Gasteiger partial charge in [-0.05, 0) is 34.0 Å². The zero-order chi connectivity index (χ0) is 13.0. The van der Waals surface area contributed by atoms with E-state index in [2.05, 4.69) is 21.2 Å². The fourth-order valence-corrected chi connectivity index (χ4v) is 1.76. The van der Waals surface area contributed by atoms with Crippen LogP contribution in [0.15, 0.2) is 22.7 Å². The maximum Gasteiger partial charge on any atom is 0.255 e. The van der Waals surface area contributed by atoms with Crippen LogP contribution in [0.5, 0.6) is 0 Å². The molecule has 3 nitrogen and oxygen atoms in total. The van der Waals surface area contributed by atoms with Crippen molar-refractivity contribution in [2.75, 3.05) is 6.54 Å². The molecule has 0 bridgehead atoms. The first-order valence-corrected chi connectivity index (χ1v) is 6.13. The van der Waals surface area contributed by atoms with Gasteiger partial charge in [-0.15, -0.1) is 0 Å². The van der Waals surface area contributed by atoms with Crippen molar-refractivity contribution in [1.29, 1.82) is 0 Å². The maximum atomic E-state index is 13.4. The van der Waals surface area contributed by atoms with Gasteiger partial charge in [0.05, 0.1) is 11.7 Å². The van der Waals surface area contributed by atoms with Crippen molar-refractivity contribution in [3.05, 3.63) is 34.1 Å². The molecule has 1 atom stereocenters. The zero-order valence-corrected chi connectivity index (χ0v) is 11.3. The van der Waals surface area contributed by atoms with Gasteiger partial charge < -0.3 is 10.4 Å². The summed E-state index contributed by atoms with van der Waals surface area (Å²) in [6, 6.07) is 4.33. The molecule has 1 aromatic carbocycles. The number of benzene rings is 1. The molecule has 0 saturated heterocycles. The topological polar surface area (TPSA) is 49.3 Å². The molecule has 0 radical (unpaired) electrons. The average molecular weight is 304 g/mol. The van der Waals surface area contributed by atoms with Crippen LogP contribution in [0.2, 0.25) is 0 Å². The highest BCUT2D eigenvalue weighted by Gasteiger charge is 2.17. The number of amides is 1. The number of carbonyl (C=O) groups is 1. The summed E-state index contributed by atoms with van der Waals surface area (Å²) in [6.45, 7) is 3.79. The lowest BCUT2D eigenvalue weighted by Crippen LogP contribution is -2.35. The van der Waals surface area contributed by atoms with Gasteiger partial charge in [0, 0.05) is 11.0 Å². The number of hydrogen-bond acceptors (Lipinski definition) is 2. The van der Waals surface area contributed by atoms with Crippen LogP contribution in [0.4, 0.5) is 4.39 Å². The Morgan fingerprint density at radius 2 is 2.18 bits per heavy atom. The van der Waals surface area contributed by atoms with Gasteiger partial charge in [0.15, 0.2) is 0 Å². The highest BCUT2D eigenvalue weighted by molar-refractivity contribution is 9.10. The minimum atomic E-state index is -0.635. The van der Waals surface area contributed by atoms with Crippen molar-refractivity contribution in [2.24, 2.45) is 5.92 Å². The van der Waals surface area contributed by atoms with Crippen molar-refractivity contribution in [3.8, 4) is 0 Å². The lowest BCUT2D eigenvalue weighted by Gasteiger charge is -2.15. The summed E-state index contributed by atoms with van der Waals surface area (Å²) < 4.78 is 13.8. The van der Waals surface area contributed by atoms with Crippen LogP contribution in [-0.4, -0.2) is 23.7 Å². The predicted molar refractivity (Wildman–Crippen MR) is 67.3 cm³/mol. The summed E-state index contributed by atoms with van der Waals surface area (Å²) >= 11 is 3.12. The van der Waals surface area contributed by atoms with E-state index in [1.165, 1.54) is 12.1 Å². The third-order valence-corrected chi connectivity index (χ3v) is 3.09. The van der Waals surface area contributed by atoms with Crippen LogP contribution in [0.25, 0.3) is 0 Å². The largest absolute Gasteiger partial charge is 0.391 e. The molecule has 5 heteroatoms. The van der Waals surface area contributed by atoms with Crippen LogP contribution in [-0.2, 0) is 0 Å². The first-order valence-electron chi connectivity index (χ1n) is 5.33. The zero-order valence-electron chi connectivity index (χ0n) is 9.71. The average Bonchev–Trinajstić information content (AvgIpc) is 2.25. The first-order chi connectivity index (χ1) is 7.93. The molecule has 0 aliphatic carbocycles. The second kappa shape index (κ2) is 6.12. The third-order valence-electron chi connectivity index (χ3n) is 2.43. The van der Waals surface area contributed by atoms with E-state index in [9.17, 15) is 14.3 Å². The Labute approximate surface area is 108 Å². The number of nitrogens with one attached hydrogen (secondary N) is 1. The fraction of sp³-hybridized carbons (Fsp3) is 0.417. The summed E-state index contributed by atoms with van der Waals surface area (Å²) in [7, 11) is 0. The van der Waals surface area contributed by atoms with E-state index < -0.39 is 17.8 Å². The molecular formula is C12H15BrFNO2. The second-order valence-corrected chi connectivity index (χ2v) is 4.97. The fourth-order valence-electron chi connectivity index (χ4n) is 1.24. The van der Waals surface area contributed by atoms with Crippen molar-refractivity contribution >= 4 is 21.8 Å². The molecule has 94 valence electrons. The Morgan fingerprint density at radius 1 is 1.53 bits per heavy atom. The minimum absolute atomic E-state index is 0.0385. The van der Waals surface area contributed by atoms with Gasteiger partial charge in [-0.25, -0.2) is 4.39 Å². The summed E-state index contributed by atoms with van der Waals surface area (Å²) in [4.78, 5) is 11.7. The van der Waals surface area contributed by atoms with E-state index in [4.69, 9.17) is 0 Å². The number of aliphatic hydroxyl groups is 1. The molecule has 17 heavy (non-hydrogen) atoms. The van der Waals surface area contributed by atoms with Crippen LogP contribution in [0.1, 0.15) is 24.2 Å². The van der Waals surface area contributed by atoms with Crippen LogP contribution in [0, 0.1) is 11.7 Å². The monoisotopic (exact) mass is 303 g/mol. The molecule has 0 aliphatic rings. The van der Waals surface area contributed by atoms with Gasteiger partial charge in [-0.3, -0.25) is 4.79 Å². The Balaban J connectivity index is 2.71. The van der Waals surface area contributed by atoms with Gasteiger partial charge in [0.1, 0.15) is 5.82 Å². The Morgan fingerprint density at radius 3 is 2.71 bits per heavy atom. The van der Waals surface area contributed by atoms with Crippen molar-refractivity contribution < 1.29 is 14.3 Å². The molecule has 2 N–H and O–H groups in total. The molecule has 1 aromatic rings. The number of aliphatic hydroxyl groups excluding tert-OH is 1. The molecular weight excluding hydrogens is 289 g/mol. The Kier molecular flexibility index (Phi) is 5.08. The highest BCUT2D eigenvalue weighted by atomic mass is 79.9. The van der Waals surface area contributed by atoms with Crippen LogP contribution < -0.4 is 5.32 Å². The Hall–Kier alpha value is -0.940. The highest BCUT2D eigenvalue weighted by Crippen LogP contribution is 2.19. The molecule has 0 aromatic heterocycles. The third kappa shape index (κ3) is 3.78. The molecule has 0 heterocycles. The van der Waals surface area contributed by atoms with Gasteiger partial charge in [0.2, 0.25) is 0 Å². The van der Waals surface area contributed by atoms with E-state index in [-0.39, 0.29) is 18.0 Å². The van der Waals surface area contributed by atoms with Crippen molar-refractivity contribution in [1.82, 2.24) is 5.32 Å². The standard InChI is InChI=1S/C12H15BrFNO2/c1-7(2)10(16)6-15-12(17)11-8(13)4-3-5-9(11)14/h3-5,7,10,16H,6H2,1-2H3,(H,15,17). The molecule has 0 spiro atoms. The van der Waals surface area contributed by atoms with E-state index in [0.29, 0.717) is 4.47 Å². The van der Waals surface area contributed by atoms with E-state index in [1.807, 2.05) is 13.8 Å². The van der Waals surface area contributed by atoms with Crippen molar-refractivity contribution in [3.63, 3.8) is 0 Å². The second-order valence-electron chi connectivity index (χ2n) is 4.12. The smallest absolute Gasteiger partial charge is 0.255 e. The van der Waals surface area contributed by atoms with Gasteiger partial charge >= 0.3 is 0 Å². The van der Waals surface area contributed by atoms with E-state index in [1.54, 1.807) is 6.07 Å². The first kappa shape index (κ1) is 14.1. The normalized spacial score (nSPS) is 12.6. The Bertz CT molecular complexity index is 389. The predicted octanol–water partition coefficient (Wildman–Crippen LogP) is 2.33. The van der Waals surface area contributed by atoms with Crippen molar-refractivity contribution in [2.45, 2.75) is 20.0 Å². The molecule has 1 unspecified atom stereocenters. The lowest BCUT2D eigenvalue weighted by molar-refractivity contribution is 0.0867. The van der Waals surface area contributed by atoms with Crippen LogP contribution in [0.3, 0.4) is 0 Å². The van der Waals surface area contributed by atoms with Gasteiger partial charge in [-0.1, -0.05) is 19.9 Å². The summed E-state index contributed by atoms with van der Waals surface area (Å²) in [6.07, 6.45) is -0.635. The number of hydrogen-bond donors (Lipinski definition) is 2. The number of carbonyl (C=O) groups excluding carboxylic acids is 1. The van der Waals surface area contributed by atoms with Gasteiger partial charge in [-0.2, -0.15) is 0 Å². The molecule has 0 fully saturated rings. The molecule has 0 aliphatic heterocycles. The number of halogens is 2. The SMILES string of the molecule is CC(C)C(O)CNC(=O)c1c(F)cccc1Br. The summed E-state index contributed by atoms with van der Waals surface area (Å²) in [5.74, 6) is -1.08. The maximum absolute atomic E-state index is 13.4. The minimum Gasteiger partial charge on any atom is -0.391 e.